The molecule has 1 rings (SSSR count). The third kappa shape index (κ3) is 2.88. The maximum Gasteiger partial charge on any atom is 0.319 e. The minimum atomic E-state index is 0.170. The molecule has 76 valence electrons. The summed E-state index contributed by atoms with van der Waals surface area (Å²) >= 11 is 0. The van der Waals surface area contributed by atoms with Crippen LogP contribution in [0.2, 0.25) is 0 Å². The van der Waals surface area contributed by atoms with Gasteiger partial charge in [-0.25, -0.2) is 4.79 Å². The van der Waals surface area contributed by atoms with E-state index in [-0.39, 0.29) is 6.03 Å². The largest absolute Gasteiger partial charge is 0.328 e. The Morgan fingerprint density at radius 3 is 2.62 bits per heavy atom. The number of amides is 2. The van der Waals surface area contributed by atoms with Crippen LogP contribution in [0.3, 0.4) is 0 Å². The molecule has 0 atom stereocenters. The van der Waals surface area contributed by atoms with Crippen molar-refractivity contribution in [3.8, 4) is 0 Å². The third-order valence-corrected chi connectivity index (χ3v) is 2.27. The Labute approximate surface area is 79.9 Å². The highest BCUT2D eigenvalue weighted by molar-refractivity contribution is 5.74. The van der Waals surface area contributed by atoms with Crippen molar-refractivity contribution in [1.82, 2.24) is 15.1 Å². The van der Waals surface area contributed by atoms with E-state index in [0.717, 1.165) is 39.1 Å². The number of nitrogens with one attached hydrogen (secondary N) is 1. The molecule has 0 radical (unpaired) electrons. The van der Waals surface area contributed by atoms with E-state index in [2.05, 4.69) is 12.2 Å². The number of rotatable bonds is 2. The fourth-order valence-corrected chi connectivity index (χ4v) is 1.53. The number of urea groups is 1. The molecule has 1 heterocycles. The van der Waals surface area contributed by atoms with Gasteiger partial charge in [-0.1, -0.05) is 6.92 Å². The standard InChI is InChI=1S/C9H19N3O/c1-3-6-11(2)9(13)12-7-4-10-5-8-12/h10H,3-8H2,1-2H3. The maximum atomic E-state index is 11.7. The van der Waals surface area contributed by atoms with Crippen molar-refractivity contribution in [3.63, 3.8) is 0 Å². The minimum absolute atomic E-state index is 0.170. The Morgan fingerprint density at radius 1 is 1.46 bits per heavy atom. The van der Waals surface area contributed by atoms with Crippen LogP contribution in [0.25, 0.3) is 0 Å². The van der Waals surface area contributed by atoms with Crippen LogP contribution >= 0.6 is 0 Å². The van der Waals surface area contributed by atoms with Gasteiger partial charge in [-0.3, -0.25) is 0 Å². The predicted octanol–water partition coefficient (Wildman–Crippen LogP) is 0.353. The first-order valence-electron chi connectivity index (χ1n) is 4.96. The van der Waals surface area contributed by atoms with E-state index in [1.54, 1.807) is 4.90 Å². The summed E-state index contributed by atoms with van der Waals surface area (Å²) in [6.07, 6.45) is 1.02. The molecule has 0 aliphatic carbocycles. The van der Waals surface area contributed by atoms with Gasteiger partial charge in [0.15, 0.2) is 0 Å². The molecule has 0 aromatic rings. The summed E-state index contributed by atoms with van der Waals surface area (Å²) in [7, 11) is 1.87. The third-order valence-electron chi connectivity index (χ3n) is 2.27. The lowest BCUT2D eigenvalue weighted by molar-refractivity contribution is 0.156. The van der Waals surface area contributed by atoms with Crippen LogP contribution in [-0.4, -0.2) is 55.6 Å². The number of piperazine rings is 1. The maximum absolute atomic E-state index is 11.7. The first-order valence-corrected chi connectivity index (χ1v) is 4.96. The van der Waals surface area contributed by atoms with E-state index in [0.29, 0.717) is 0 Å². The van der Waals surface area contributed by atoms with Gasteiger partial charge >= 0.3 is 6.03 Å². The minimum Gasteiger partial charge on any atom is -0.328 e. The Balaban J connectivity index is 2.36. The lowest BCUT2D eigenvalue weighted by Gasteiger charge is -2.31. The fraction of sp³-hybridized carbons (Fsp3) is 0.889. The van der Waals surface area contributed by atoms with Crippen LogP contribution in [0.15, 0.2) is 0 Å². The average molecular weight is 185 g/mol. The van der Waals surface area contributed by atoms with Gasteiger partial charge in [0, 0.05) is 39.8 Å². The summed E-state index contributed by atoms with van der Waals surface area (Å²) in [6, 6.07) is 0.170. The Morgan fingerprint density at radius 2 is 2.08 bits per heavy atom. The van der Waals surface area contributed by atoms with Crippen LogP contribution < -0.4 is 5.32 Å². The molecule has 4 nitrogen and oxygen atoms in total. The van der Waals surface area contributed by atoms with E-state index in [4.69, 9.17) is 0 Å². The molecule has 0 unspecified atom stereocenters. The zero-order chi connectivity index (χ0) is 9.68. The molecule has 1 N–H and O–H groups in total. The van der Waals surface area contributed by atoms with Crippen LogP contribution in [0.1, 0.15) is 13.3 Å². The second-order valence-corrected chi connectivity index (χ2v) is 3.44. The molecule has 1 aliphatic rings. The molecule has 0 aromatic heterocycles. The van der Waals surface area contributed by atoms with Gasteiger partial charge in [0.2, 0.25) is 0 Å². The molecule has 4 heteroatoms. The summed E-state index contributed by atoms with van der Waals surface area (Å²) in [5.41, 5.74) is 0. The summed E-state index contributed by atoms with van der Waals surface area (Å²) in [4.78, 5) is 15.4. The van der Waals surface area contributed by atoms with Crippen molar-refractivity contribution < 1.29 is 4.79 Å². The molecule has 0 saturated carbocycles. The monoisotopic (exact) mass is 185 g/mol. The second kappa shape index (κ2) is 5.07. The number of carbonyl (C=O) groups excluding carboxylic acids is 1. The molecule has 0 aromatic carbocycles. The fourth-order valence-electron chi connectivity index (χ4n) is 1.53. The molecule has 1 aliphatic heterocycles. The molecular formula is C9H19N3O. The highest BCUT2D eigenvalue weighted by Gasteiger charge is 2.18. The first-order chi connectivity index (χ1) is 6.25. The smallest absolute Gasteiger partial charge is 0.319 e. The van der Waals surface area contributed by atoms with Crippen LogP contribution in [0.4, 0.5) is 4.79 Å². The summed E-state index contributed by atoms with van der Waals surface area (Å²) in [6.45, 7) is 6.46. The van der Waals surface area contributed by atoms with Gasteiger partial charge in [0.05, 0.1) is 0 Å². The normalized spacial score (nSPS) is 17.2. The van der Waals surface area contributed by atoms with Gasteiger partial charge in [0.25, 0.3) is 0 Å². The van der Waals surface area contributed by atoms with Crippen molar-refractivity contribution in [2.24, 2.45) is 0 Å². The number of hydrogen-bond acceptors (Lipinski definition) is 2. The van der Waals surface area contributed by atoms with Crippen molar-refractivity contribution in [2.75, 3.05) is 39.8 Å². The van der Waals surface area contributed by atoms with Crippen LogP contribution in [-0.2, 0) is 0 Å². The van der Waals surface area contributed by atoms with E-state index >= 15 is 0 Å². The predicted molar refractivity (Wildman–Crippen MR) is 52.8 cm³/mol. The summed E-state index contributed by atoms with van der Waals surface area (Å²) in [5, 5.41) is 3.23. The zero-order valence-corrected chi connectivity index (χ0v) is 8.55. The van der Waals surface area contributed by atoms with Crippen molar-refractivity contribution >= 4 is 6.03 Å². The van der Waals surface area contributed by atoms with Crippen LogP contribution in [0.5, 0.6) is 0 Å². The molecular weight excluding hydrogens is 166 g/mol. The van der Waals surface area contributed by atoms with E-state index < -0.39 is 0 Å². The SMILES string of the molecule is CCCN(C)C(=O)N1CCNCC1. The van der Waals surface area contributed by atoms with Gasteiger partial charge in [-0.15, -0.1) is 0 Å². The summed E-state index contributed by atoms with van der Waals surface area (Å²) in [5.74, 6) is 0. The number of hydrogen-bond donors (Lipinski definition) is 1. The second-order valence-electron chi connectivity index (χ2n) is 3.44. The van der Waals surface area contributed by atoms with E-state index in [9.17, 15) is 4.79 Å². The Bertz CT molecular complexity index is 166. The van der Waals surface area contributed by atoms with Gasteiger partial charge < -0.3 is 15.1 Å². The Kier molecular flexibility index (Phi) is 4.02. The summed E-state index contributed by atoms with van der Waals surface area (Å²) < 4.78 is 0. The average Bonchev–Trinajstić information content (AvgIpc) is 2.18. The van der Waals surface area contributed by atoms with Gasteiger partial charge in [0.1, 0.15) is 0 Å². The molecule has 1 fully saturated rings. The lowest BCUT2D eigenvalue weighted by atomic mass is 10.4. The van der Waals surface area contributed by atoms with E-state index in [1.807, 2.05) is 11.9 Å². The lowest BCUT2D eigenvalue weighted by Crippen LogP contribution is -2.50. The van der Waals surface area contributed by atoms with Crippen LogP contribution in [0, 0.1) is 0 Å². The molecule has 0 spiro atoms. The highest BCUT2D eigenvalue weighted by Crippen LogP contribution is 1.99. The highest BCUT2D eigenvalue weighted by atomic mass is 16.2. The Hall–Kier alpha value is -0.770. The quantitative estimate of drug-likeness (QED) is 0.674. The number of nitrogens with zero attached hydrogens (tertiary/aromatic N) is 2. The molecule has 0 bridgehead atoms. The van der Waals surface area contributed by atoms with Crippen molar-refractivity contribution in [3.05, 3.63) is 0 Å². The van der Waals surface area contributed by atoms with Gasteiger partial charge in [-0.2, -0.15) is 0 Å². The topological polar surface area (TPSA) is 35.6 Å². The van der Waals surface area contributed by atoms with Gasteiger partial charge in [-0.05, 0) is 6.42 Å². The molecule has 13 heavy (non-hydrogen) atoms. The van der Waals surface area contributed by atoms with Crippen molar-refractivity contribution in [2.45, 2.75) is 13.3 Å². The zero-order valence-electron chi connectivity index (χ0n) is 8.55. The molecule has 2 amide bonds. The molecule has 1 saturated heterocycles. The first kappa shape index (κ1) is 10.3. The van der Waals surface area contributed by atoms with Crippen molar-refractivity contribution in [1.29, 1.82) is 0 Å². The van der Waals surface area contributed by atoms with E-state index in [1.165, 1.54) is 0 Å². The number of carbonyl (C=O) groups is 1.